The highest BCUT2D eigenvalue weighted by atomic mass is 16.6. The van der Waals surface area contributed by atoms with Crippen molar-refractivity contribution in [2.45, 2.75) is 71.6 Å². The molecule has 0 aromatic rings. The van der Waals surface area contributed by atoms with E-state index in [1.807, 2.05) is 25.7 Å². The van der Waals surface area contributed by atoms with Crippen molar-refractivity contribution in [3.8, 4) is 0 Å². The van der Waals surface area contributed by atoms with Crippen molar-refractivity contribution in [3.63, 3.8) is 0 Å². The summed E-state index contributed by atoms with van der Waals surface area (Å²) in [5.41, 5.74) is -0.229. The minimum atomic E-state index is -0.420. The molecule has 1 N–H and O–H groups in total. The molecule has 2 unspecified atom stereocenters. The van der Waals surface area contributed by atoms with Crippen molar-refractivity contribution in [1.82, 2.24) is 10.2 Å². The molecule has 1 amide bonds. The van der Waals surface area contributed by atoms with Crippen LogP contribution in [0.25, 0.3) is 0 Å². The van der Waals surface area contributed by atoms with Gasteiger partial charge >= 0.3 is 6.09 Å². The van der Waals surface area contributed by atoms with E-state index in [1.165, 1.54) is 12.8 Å². The van der Waals surface area contributed by atoms with E-state index in [4.69, 9.17) is 4.74 Å². The van der Waals surface area contributed by atoms with Crippen molar-refractivity contribution in [1.29, 1.82) is 0 Å². The standard InChI is InChI=1S/C15H28N2O2/c1-14(2,3)19-13(18)17-10-15(4,5)8-6-12(17)11-7-9-16-11/h11-12,16H,6-10H2,1-5H3. The first-order chi connectivity index (χ1) is 8.68. The zero-order valence-corrected chi connectivity index (χ0v) is 13.0. The van der Waals surface area contributed by atoms with Crippen LogP contribution < -0.4 is 5.32 Å². The third-order valence-electron chi connectivity index (χ3n) is 4.07. The SMILES string of the molecule is CC1(C)CCC(C2CCN2)N(C(=O)OC(C)(C)C)C1. The van der Waals surface area contributed by atoms with Gasteiger partial charge in [-0.25, -0.2) is 4.79 Å². The molecule has 4 heteroatoms. The van der Waals surface area contributed by atoms with Gasteiger partial charge in [0.15, 0.2) is 0 Å². The molecular formula is C15H28N2O2. The van der Waals surface area contributed by atoms with Crippen LogP contribution in [0.3, 0.4) is 0 Å². The van der Waals surface area contributed by atoms with E-state index in [1.54, 1.807) is 0 Å². The Hall–Kier alpha value is -0.770. The van der Waals surface area contributed by atoms with Crippen molar-refractivity contribution in [2.75, 3.05) is 13.1 Å². The minimum absolute atomic E-state index is 0.154. The Labute approximate surface area is 116 Å². The minimum Gasteiger partial charge on any atom is -0.444 e. The number of piperidine rings is 1. The van der Waals surface area contributed by atoms with Crippen LogP contribution in [0.4, 0.5) is 4.79 Å². The zero-order chi connectivity index (χ0) is 14.3. The van der Waals surface area contributed by atoms with Crippen LogP contribution in [0.1, 0.15) is 53.9 Å². The highest BCUT2D eigenvalue weighted by Gasteiger charge is 2.42. The summed E-state index contributed by atoms with van der Waals surface area (Å²) in [7, 11) is 0. The summed E-state index contributed by atoms with van der Waals surface area (Å²) in [5.74, 6) is 0. The second kappa shape index (κ2) is 4.97. The Morgan fingerprint density at radius 1 is 1.32 bits per heavy atom. The molecule has 0 aromatic carbocycles. The first-order valence-electron chi connectivity index (χ1n) is 7.41. The lowest BCUT2D eigenvalue weighted by Gasteiger charge is -2.49. The van der Waals surface area contributed by atoms with Gasteiger partial charge in [0.1, 0.15) is 5.60 Å². The smallest absolute Gasteiger partial charge is 0.410 e. The average Bonchev–Trinajstić information content (AvgIpc) is 2.14. The molecular weight excluding hydrogens is 240 g/mol. The van der Waals surface area contributed by atoms with E-state index >= 15 is 0 Å². The summed E-state index contributed by atoms with van der Waals surface area (Å²) in [4.78, 5) is 14.4. The molecule has 2 saturated heterocycles. The van der Waals surface area contributed by atoms with Crippen LogP contribution in [0, 0.1) is 5.41 Å². The average molecular weight is 268 g/mol. The summed E-state index contributed by atoms with van der Waals surface area (Å²) in [5, 5.41) is 3.44. The van der Waals surface area contributed by atoms with Gasteiger partial charge in [-0.15, -0.1) is 0 Å². The maximum absolute atomic E-state index is 12.4. The topological polar surface area (TPSA) is 41.6 Å². The highest BCUT2D eigenvalue weighted by Crippen LogP contribution is 2.35. The van der Waals surface area contributed by atoms with Crippen LogP contribution in [0.15, 0.2) is 0 Å². The van der Waals surface area contributed by atoms with E-state index in [0.717, 1.165) is 19.5 Å². The van der Waals surface area contributed by atoms with Gasteiger partial charge in [0, 0.05) is 12.6 Å². The number of carbonyl (C=O) groups excluding carboxylic acids is 1. The fraction of sp³-hybridized carbons (Fsp3) is 0.933. The molecule has 2 heterocycles. The largest absolute Gasteiger partial charge is 0.444 e. The van der Waals surface area contributed by atoms with E-state index in [-0.39, 0.29) is 11.5 Å². The summed E-state index contributed by atoms with van der Waals surface area (Å²) in [6.07, 6.45) is 3.27. The summed E-state index contributed by atoms with van der Waals surface area (Å²) in [6, 6.07) is 0.764. The lowest BCUT2D eigenvalue weighted by molar-refractivity contribution is -0.0189. The monoisotopic (exact) mass is 268 g/mol. The van der Waals surface area contributed by atoms with E-state index in [9.17, 15) is 4.79 Å². The number of nitrogens with zero attached hydrogens (tertiary/aromatic N) is 1. The molecule has 0 aromatic heterocycles. The molecule has 0 saturated carbocycles. The van der Waals surface area contributed by atoms with Crippen molar-refractivity contribution in [3.05, 3.63) is 0 Å². The number of hydrogen-bond donors (Lipinski definition) is 1. The van der Waals surface area contributed by atoms with Crippen molar-refractivity contribution in [2.24, 2.45) is 5.41 Å². The van der Waals surface area contributed by atoms with Crippen molar-refractivity contribution < 1.29 is 9.53 Å². The Morgan fingerprint density at radius 3 is 2.42 bits per heavy atom. The van der Waals surface area contributed by atoms with Crippen LogP contribution in [-0.2, 0) is 4.74 Å². The van der Waals surface area contributed by atoms with Gasteiger partial charge in [-0.2, -0.15) is 0 Å². The number of rotatable bonds is 1. The molecule has 0 spiro atoms. The van der Waals surface area contributed by atoms with E-state index in [0.29, 0.717) is 12.1 Å². The molecule has 4 nitrogen and oxygen atoms in total. The lowest BCUT2D eigenvalue weighted by Crippen LogP contribution is -2.62. The number of hydrogen-bond acceptors (Lipinski definition) is 3. The van der Waals surface area contributed by atoms with E-state index in [2.05, 4.69) is 19.2 Å². The third-order valence-corrected chi connectivity index (χ3v) is 4.07. The fourth-order valence-electron chi connectivity index (χ4n) is 2.93. The molecule has 2 aliphatic rings. The normalized spacial score (nSPS) is 30.7. The van der Waals surface area contributed by atoms with Crippen molar-refractivity contribution >= 4 is 6.09 Å². The molecule has 0 radical (unpaired) electrons. The van der Waals surface area contributed by atoms with Gasteiger partial charge in [0.05, 0.1) is 6.04 Å². The van der Waals surface area contributed by atoms with Gasteiger partial charge in [-0.3, -0.25) is 0 Å². The molecule has 19 heavy (non-hydrogen) atoms. The van der Waals surface area contributed by atoms with Gasteiger partial charge in [0.2, 0.25) is 0 Å². The van der Waals surface area contributed by atoms with Gasteiger partial charge in [0.25, 0.3) is 0 Å². The summed E-state index contributed by atoms with van der Waals surface area (Å²) < 4.78 is 5.58. The highest BCUT2D eigenvalue weighted by molar-refractivity contribution is 5.69. The Bertz CT molecular complexity index is 343. The lowest BCUT2D eigenvalue weighted by atomic mass is 9.78. The maximum atomic E-state index is 12.4. The molecule has 2 aliphatic heterocycles. The Kier molecular flexibility index (Phi) is 3.83. The van der Waals surface area contributed by atoms with Gasteiger partial charge in [-0.05, 0) is 52.0 Å². The number of ether oxygens (including phenoxy) is 1. The number of carbonyl (C=O) groups is 1. The Balaban J connectivity index is 2.08. The molecule has 0 bridgehead atoms. The third kappa shape index (κ3) is 3.62. The second-order valence-electron chi connectivity index (χ2n) is 7.73. The maximum Gasteiger partial charge on any atom is 0.410 e. The number of likely N-dealkylation sites (tertiary alicyclic amines) is 1. The van der Waals surface area contributed by atoms with Crippen LogP contribution in [0.2, 0.25) is 0 Å². The molecule has 2 rings (SSSR count). The molecule has 2 atom stereocenters. The zero-order valence-electron chi connectivity index (χ0n) is 13.0. The van der Waals surface area contributed by atoms with Gasteiger partial charge < -0.3 is 15.0 Å². The fourth-order valence-corrected chi connectivity index (χ4v) is 2.93. The predicted molar refractivity (Wildman–Crippen MR) is 76.2 cm³/mol. The van der Waals surface area contributed by atoms with E-state index < -0.39 is 5.60 Å². The second-order valence-corrected chi connectivity index (χ2v) is 7.73. The summed E-state index contributed by atoms with van der Waals surface area (Å²) >= 11 is 0. The van der Waals surface area contributed by atoms with Gasteiger partial charge in [-0.1, -0.05) is 13.8 Å². The van der Waals surface area contributed by atoms with Crippen LogP contribution in [-0.4, -0.2) is 41.8 Å². The quantitative estimate of drug-likeness (QED) is 0.795. The number of nitrogens with one attached hydrogen (secondary N) is 1. The first-order valence-corrected chi connectivity index (χ1v) is 7.41. The predicted octanol–water partition coefficient (Wildman–Crippen LogP) is 2.77. The molecule has 0 aliphatic carbocycles. The molecule has 2 fully saturated rings. The number of amides is 1. The van der Waals surface area contributed by atoms with Crippen LogP contribution >= 0.6 is 0 Å². The summed E-state index contributed by atoms with van der Waals surface area (Å²) in [6.45, 7) is 12.1. The first kappa shape index (κ1) is 14.6. The Morgan fingerprint density at radius 2 is 1.95 bits per heavy atom. The van der Waals surface area contributed by atoms with Crippen LogP contribution in [0.5, 0.6) is 0 Å². The molecule has 110 valence electrons.